The highest BCUT2D eigenvalue weighted by molar-refractivity contribution is 6.02. The fourth-order valence-corrected chi connectivity index (χ4v) is 3.35. The van der Waals surface area contributed by atoms with Crippen molar-refractivity contribution >= 4 is 11.6 Å². The van der Waals surface area contributed by atoms with E-state index in [4.69, 9.17) is 10.5 Å². The van der Waals surface area contributed by atoms with E-state index in [0.29, 0.717) is 22.5 Å². The van der Waals surface area contributed by atoms with Gasteiger partial charge in [0, 0.05) is 42.2 Å². The minimum atomic E-state index is -0.803. The van der Waals surface area contributed by atoms with E-state index in [9.17, 15) is 19.3 Å². The van der Waals surface area contributed by atoms with Gasteiger partial charge in [0.05, 0.1) is 10.6 Å². The number of hydrogen-bond acceptors (Lipinski definition) is 7. The molecule has 0 aliphatic rings. The van der Waals surface area contributed by atoms with E-state index in [2.05, 4.69) is 15.1 Å². The fourth-order valence-electron chi connectivity index (χ4n) is 3.35. The second-order valence-corrected chi connectivity index (χ2v) is 7.09. The molecule has 166 valence electrons. The van der Waals surface area contributed by atoms with Crippen LogP contribution in [0.4, 0.5) is 10.1 Å². The van der Waals surface area contributed by atoms with Crippen LogP contribution in [0.3, 0.4) is 0 Å². The third kappa shape index (κ3) is 4.24. The highest BCUT2D eigenvalue weighted by Gasteiger charge is 2.24. The van der Waals surface area contributed by atoms with Gasteiger partial charge >= 0.3 is 6.01 Å². The smallest absolute Gasteiger partial charge is 0.322 e. The molecular formula is C22H17FN6O4. The molecule has 2 aromatic heterocycles. The first-order chi connectivity index (χ1) is 15.7. The Morgan fingerprint density at radius 3 is 2.45 bits per heavy atom. The second-order valence-electron chi connectivity index (χ2n) is 7.09. The lowest BCUT2D eigenvalue weighted by molar-refractivity contribution is -0.384. The van der Waals surface area contributed by atoms with Crippen molar-refractivity contribution in [3.63, 3.8) is 0 Å². The van der Waals surface area contributed by atoms with Crippen molar-refractivity contribution in [1.29, 1.82) is 0 Å². The van der Waals surface area contributed by atoms with Gasteiger partial charge in [-0.15, -0.1) is 0 Å². The lowest BCUT2D eigenvalue weighted by atomic mass is 9.98. The van der Waals surface area contributed by atoms with E-state index in [1.165, 1.54) is 47.3 Å². The molecule has 11 heteroatoms. The van der Waals surface area contributed by atoms with Crippen molar-refractivity contribution in [2.24, 2.45) is 12.8 Å². The van der Waals surface area contributed by atoms with Crippen LogP contribution in [-0.2, 0) is 7.05 Å². The zero-order chi connectivity index (χ0) is 23.7. The molecule has 0 fully saturated rings. The van der Waals surface area contributed by atoms with Gasteiger partial charge in [-0.05, 0) is 42.8 Å². The molecule has 0 radical (unpaired) electrons. The molecule has 0 spiro atoms. The predicted molar refractivity (Wildman–Crippen MR) is 116 cm³/mol. The number of aryl methyl sites for hydroxylation is 2. The first-order valence-electron chi connectivity index (χ1n) is 9.63. The average molecular weight is 448 g/mol. The van der Waals surface area contributed by atoms with Crippen molar-refractivity contribution in [2.45, 2.75) is 6.92 Å². The van der Waals surface area contributed by atoms with Crippen LogP contribution in [0.2, 0.25) is 0 Å². The van der Waals surface area contributed by atoms with Gasteiger partial charge < -0.3 is 10.5 Å². The number of nitrogens with two attached hydrogens (primary N) is 1. The Bertz CT molecular complexity index is 1380. The molecule has 0 aliphatic heterocycles. The van der Waals surface area contributed by atoms with Crippen molar-refractivity contribution in [3.8, 4) is 34.1 Å². The van der Waals surface area contributed by atoms with Crippen LogP contribution in [0.25, 0.3) is 22.4 Å². The summed E-state index contributed by atoms with van der Waals surface area (Å²) >= 11 is 0. The highest BCUT2D eigenvalue weighted by atomic mass is 19.1. The molecule has 0 unspecified atom stereocenters. The molecule has 4 rings (SSSR count). The quantitative estimate of drug-likeness (QED) is 0.350. The van der Waals surface area contributed by atoms with E-state index >= 15 is 0 Å². The average Bonchev–Trinajstić information content (AvgIpc) is 3.12. The maximum atomic E-state index is 14.9. The molecule has 0 saturated carbocycles. The molecule has 33 heavy (non-hydrogen) atoms. The second kappa shape index (κ2) is 8.46. The van der Waals surface area contributed by atoms with E-state index in [1.807, 2.05) is 0 Å². The van der Waals surface area contributed by atoms with Crippen molar-refractivity contribution in [1.82, 2.24) is 19.7 Å². The summed E-state index contributed by atoms with van der Waals surface area (Å²) in [6, 6.07) is 11.5. The molecule has 10 nitrogen and oxygen atoms in total. The number of halogens is 1. The number of nitro groups is 1. The zero-order valence-electron chi connectivity index (χ0n) is 17.5. The number of rotatable bonds is 6. The van der Waals surface area contributed by atoms with Crippen LogP contribution in [0, 0.1) is 22.9 Å². The number of primary amides is 1. The van der Waals surface area contributed by atoms with Gasteiger partial charge in [0.1, 0.15) is 0 Å². The number of carbonyl (C=O) groups excluding carboxylic acids is 1. The number of non-ortho nitro benzene ring substituents is 1. The monoisotopic (exact) mass is 448 g/mol. The highest BCUT2D eigenvalue weighted by Crippen LogP contribution is 2.37. The van der Waals surface area contributed by atoms with Gasteiger partial charge in [-0.25, -0.2) is 14.4 Å². The van der Waals surface area contributed by atoms with Gasteiger partial charge in [0.15, 0.2) is 17.3 Å². The molecule has 4 aromatic rings. The van der Waals surface area contributed by atoms with E-state index < -0.39 is 16.6 Å². The van der Waals surface area contributed by atoms with Gasteiger partial charge in [-0.2, -0.15) is 5.10 Å². The van der Waals surface area contributed by atoms with Crippen LogP contribution in [0.15, 0.2) is 54.7 Å². The number of carbonyl (C=O) groups is 1. The standard InChI is InChI=1S/C22H17FN6O4/c1-12-9-10-25-22(26-12)33-17-8-5-14(11-16(17)23)18-19(21(24)30)27-28(2)20(18)13-3-6-15(7-4-13)29(31)32/h3-11H,1-2H3,(H2,24,30). The van der Waals surface area contributed by atoms with E-state index in [0.717, 1.165) is 0 Å². The number of nitro benzene ring substituents is 1. The molecule has 0 bridgehead atoms. The largest absolute Gasteiger partial charge is 0.421 e. The minimum absolute atomic E-state index is 0.00702. The number of aromatic nitrogens is 4. The lowest BCUT2D eigenvalue weighted by Gasteiger charge is -2.10. The Balaban J connectivity index is 1.80. The molecule has 2 aromatic carbocycles. The maximum absolute atomic E-state index is 14.9. The SMILES string of the molecule is Cc1ccnc(Oc2ccc(-c3c(C(N)=O)nn(C)c3-c3ccc([N+](=O)[O-])cc3)cc2F)n1. The Kier molecular flexibility index (Phi) is 5.53. The third-order valence-electron chi connectivity index (χ3n) is 4.83. The number of ether oxygens (including phenoxy) is 1. The maximum Gasteiger partial charge on any atom is 0.322 e. The Labute approximate surface area is 186 Å². The molecule has 0 saturated heterocycles. The van der Waals surface area contributed by atoms with Crippen molar-refractivity contribution in [3.05, 3.63) is 82.0 Å². The summed E-state index contributed by atoms with van der Waals surface area (Å²) < 4.78 is 21.8. The minimum Gasteiger partial charge on any atom is -0.421 e. The zero-order valence-corrected chi connectivity index (χ0v) is 17.5. The van der Waals surface area contributed by atoms with Crippen LogP contribution < -0.4 is 10.5 Å². The van der Waals surface area contributed by atoms with Gasteiger partial charge in [0.25, 0.3) is 11.6 Å². The summed E-state index contributed by atoms with van der Waals surface area (Å²) in [5, 5.41) is 15.2. The van der Waals surface area contributed by atoms with Crippen LogP contribution in [-0.4, -0.2) is 30.6 Å². The number of hydrogen-bond donors (Lipinski definition) is 1. The Hall–Kier alpha value is -4.67. The normalized spacial score (nSPS) is 10.8. The van der Waals surface area contributed by atoms with Gasteiger partial charge in [0.2, 0.25) is 0 Å². The molecule has 0 aliphatic carbocycles. The molecule has 1 amide bonds. The molecule has 2 N–H and O–H groups in total. The molecule has 2 heterocycles. The number of benzene rings is 2. The van der Waals surface area contributed by atoms with E-state index in [-0.39, 0.29) is 28.7 Å². The Morgan fingerprint density at radius 2 is 1.85 bits per heavy atom. The molecule has 0 atom stereocenters. The van der Waals surface area contributed by atoms with Crippen LogP contribution in [0.5, 0.6) is 11.8 Å². The lowest BCUT2D eigenvalue weighted by Crippen LogP contribution is -2.13. The summed E-state index contributed by atoms with van der Waals surface area (Å²) in [7, 11) is 1.59. The number of amides is 1. The fraction of sp³-hybridized carbons (Fsp3) is 0.0909. The summed E-state index contributed by atoms with van der Waals surface area (Å²) in [5.41, 5.74) is 7.60. The van der Waals surface area contributed by atoms with Crippen LogP contribution in [0.1, 0.15) is 16.2 Å². The summed E-state index contributed by atoms with van der Waals surface area (Å²) in [6.45, 7) is 1.75. The summed E-state index contributed by atoms with van der Waals surface area (Å²) in [4.78, 5) is 30.6. The summed E-state index contributed by atoms with van der Waals surface area (Å²) in [6.07, 6.45) is 1.50. The molecular weight excluding hydrogens is 431 g/mol. The number of nitrogens with zero attached hydrogens (tertiary/aromatic N) is 5. The van der Waals surface area contributed by atoms with Crippen LogP contribution >= 0.6 is 0 Å². The first kappa shape index (κ1) is 21.6. The van der Waals surface area contributed by atoms with Gasteiger partial charge in [-0.3, -0.25) is 19.6 Å². The Morgan fingerprint density at radius 1 is 1.15 bits per heavy atom. The van der Waals surface area contributed by atoms with Gasteiger partial charge in [-0.1, -0.05) is 6.07 Å². The predicted octanol–water partition coefficient (Wildman–Crippen LogP) is 3.79. The topological polar surface area (TPSA) is 139 Å². The third-order valence-corrected chi connectivity index (χ3v) is 4.83. The van der Waals surface area contributed by atoms with Crippen molar-refractivity contribution < 1.29 is 18.8 Å². The van der Waals surface area contributed by atoms with Crippen molar-refractivity contribution in [2.75, 3.05) is 0 Å². The summed E-state index contributed by atoms with van der Waals surface area (Å²) in [5.74, 6) is -1.63. The van der Waals surface area contributed by atoms with E-state index in [1.54, 1.807) is 26.1 Å². The first-order valence-corrected chi connectivity index (χ1v) is 9.63.